The molecule has 0 aliphatic heterocycles. The Morgan fingerprint density at radius 1 is 1.45 bits per heavy atom. The number of hydrogen-bond donors (Lipinski definition) is 1. The summed E-state index contributed by atoms with van der Waals surface area (Å²) in [5.74, 6) is 1.58. The fourth-order valence-electron chi connectivity index (χ4n) is 2.78. The molecule has 1 atom stereocenters. The second-order valence-electron chi connectivity index (χ2n) is 5.94. The van der Waals surface area contributed by atoms with Crippen molar-refractivity contribution in [3.05, 3.63) is 18.5 Å². The van der Waals surface area contributed by atoms with Crippen LogP contribution in [0.5, 0.6) is 0 Å². The lowest BCUT2D eigenvalue weighted by Gasteiger charge is -2.22. The van der Waals surface area contributed by atoms with Crippen LogP contribution in [-0.4, -0.2) is 32.5 Å². The van der Waals surface area contributed by atoms with E-state index in [1.807, 2.05) is 24.5 Å². The summed E-state index contributed by atoms with van der Waals surface area (Å²) in [4.78, 5) is 12.3. The number of nitrogens with one attached hydrogen (secondary N) is 1. The second kappa shape index (κ2) is 8.36. The van der Waals surface area contributed by atoms with Gasteiger partial charge in [-0.2, -0.15) is 0 Å². The maximum atomic E-state index is 12.3. The largest absolute Gasteiger partial charge is 0.355 e. The molecule has 22 heavy (non-hydrogen) atoms. The summed E-state index contributed by atoms with van der Waals surface area (Å²) in [6.45, 7) is 9.05. The van der Waals surface area contributed by atoms with Crippen molar-refractivity contribution in [1.29, 1.82) is 0 Å². The molecule has 0 bridgehead atoms. The summed E-state index contributed by atoms with van der Waals surface area (Å²) in [6, 6.07) is 0. The minimum atomic E-state index is -0.171. The summed E-state index contributed by atoms with van der Waals surface area (Å²) < 4.78 is 1.97. The lowest BCUT2D eigenvalue weighted by atomic mass is 9.89. The Balaban J connectivity index is 1.84. The Labute approximate surface area is 137 Å². The molecule has 6 heteroatoms. The van der Waals surface area contributed by atoms with Crippen molar-refractivity contribution in [2.24, 2.45) is 5.92 Å². The average molecular weight is 322 g/mol. The molecule has 0 saturated heterocycles. The predicted octanol–water partition coefficient (Wildman–Crippen LogP) is 2.95. The number of allylic oxidation sites excluding steroid dienone is 1. The van der Waals surface area contributed by atoms with Crippen LogP contribution in [0, 0.1) is 12.8 Å². The number of aryl methyl sites for hydroxylation is 1. The zero-order chi connectivity index (χ0) is 15.9. The number of hydrogen-bond acceptors (Lipinski definition) is 4. The van der Waals surface area contributed by atoms with Gasteiger partial charge in [-0.25, -0.2) is 0 Å². The van der Waals surface area contributed by atoms with Gasteiger partial charge in [0.2, 0.25) is 5.91 Å². The number of amides is 1. The number of rotatable bonds is 7. The highest BCUT2D eigenvalue weighted by Crippen LogP contribution is 2.24. The summed E-state index contributed by atoms with van der Waals surface area (Å²) in [7, 11) is 0. The van der Waals surface area contributed by atoms with Gasteiger partial charge in [0, 0.05) is 13.1 Å². The molecule has 2 rings (SSSR count). The van der Waals surface area contributed by atoms with Crippen LogP contribution in [0.3, 0.4) is 0 Å². The van der Waals surface area contributed by atoms with E-state index < -0.39 is 0 Å². The molecule has 1 fully saturated rings. The minimum absolute atomic E-state index is 0.0846. The molecule has 1 aliphatic rings. The molecule has 1 saturated carbocycles. The van der Waals surface area contributed by atoms with E-state index in [9.17, 15) is 4.79 Å². The van der Waals surface area contributed by atoms with Crippen LogP contribution in [0.15, 0.2) is 17.8 Å². The third-order valence-electron chi connectivity index (χ3n) is 4.15. The number of nitrogens with zero attached hydrogens (tertiary/aromatic N) is 3. The van der Waals surface area contributed by atoms with Crippen molar-refractivity contribution in [2.45, 2.75) is 62.9 Å². The Morgan fingerprint density at radius 3 is 2.86 bits per heavy atom. The zero-order valence-electron chi connectivity index (χ0n) is 13.5. The van der Waals surface area contributed by atoms with Gasteiger partial charge in [0.05, 0.1) is 5.25 Å². The first-order valence-electron chi connectivity index (χ1n) is 8.07. The van der Waals surface area contributed by atoms with Crippen molar-refractivity contribution < 1.29 is 4.79 Å². The molecule has 0 radical (unpaired) electrons. The van der Waals surface area contributed by atoms with E-state index in [2.05, 4.69) is 22.1 Å². The fraction of sp³-hybridized carbons (Fsp3) is 0.688. The van der Waals surface area contributed by atoms with Gasteiger partial charge in [-0.15, -0.1) is 16.8 Å². The third-order valence-corrected chi connectivity index (χ3v) is 5.24. The number of aromatic nitrogens is 3. The normalized spacial score (nSPS) is 17.2. The summed E-state index contributed by atoms with van der Waals surface area (Å²) >= 11 is 1.46. The van der Waals surface area contributed by atoms with Gasteiger partial charge in [0.1, 0.15) is 5.82 Å². The Kier molecular flexibility index (Phi) is 6.49. The first kappa shape index (κ1) is 17.1. The summed E-state index contributed by atoms with van der Waals surface area (Å²) in [5.41, 5.74) is 0. The SMILES string of the molecule is C=CCn1c(C)nnc1SC(C)C(=O)NCC1CCCCC1. The lowest BCUT2D eigenvalue weighted by molar-refractivity contribution is -0.120. The van der Waals surface area contributed by atoms with Crippen LogP contribution in [0.1, 0.15) is 44.9 Å². The van der Waals surface area contributed by atoms with Gasteiger partial charge >= 0.3 is 0 Å². The number of carbonyl (C=O) groups is 1. The molecule has 5 nitrogen and oxygen atoms in total. The van der Waals surface area contributed by atoms with Gasteiger partial charge in [0.15, 0.2) is 5.16 Å². The van der Waals surface area contributed by atoms with Crippen LogP contribution in [0.4, 0.5) is 0 Å². The van der Waals surface area contributed by atoms with Crippen LogP contribution >= 0.6 is 11.8 Å². The fourth-order valence-corrected chi connectivity index (χ4v) is 3.71. The highest BCUT2D eigenvalue weighted by atomic mass is 32.2. The van der Waals surface area contributed by atoms with Crippen LogP contribution in [0.2, 0.25) is 0 Å². The van der Waals surface area contributed by atoms with E-state index in [4.69, 9.17) is 0 Å². The monoisotopic (exact) mass is 322 g/mol. The van der Waals surface area contributed by atoms with Gasteiger partial charge in [-0.1, -0.05) is 37.1 Å². The molecular formula is C16H26N4OS. The highest BCUT2D eigenvalue weighted by Gasteiger charge is 2.20. The van der Waals surface area contributed by atoms with Crippen molar-refractivity contribution in [3.63, 3.8) is 0 Å². The second-order valence-corrected chi connectivity index (χ2v) is 7.25. The molecule has 1 amide bonds. The maximum absolute atomic E-state index is 12.3. The van der Waals surface area contributed by atoms with E-state index >= 15 is 0 Å². The molecule has 122 valence electrons. The van der Waals surface area contributed by atoms with Crippen molar-refractivity contribution in [2.75, 3.05) is 6.54 Å². The molecule has 1 aliphatic carbocycles. The molecule has 1 N–H and O–H groups in total. The van der Waals surface area contributed by atoms with E-state index in [-0.39, 0.29) is 11.2 Å². The molecule has 1 heterocycles. The van der Waals surface area contributed by atoms with E-state index in [0.29, 0.717) is 12.5 Å². The summed E-state index contributed by atoms with van der Waals surface area (Å²) in [6.07, 6.45) is 8.25. The molecule has 0 aromatic carbocycles. The molecular weight excluding hydrogens is 296 g/mol. The van der Waals surface area contributed by atoms with Crippen LogP contribution in [0.25, 0.3) is 0 Å². The topological polar surface area (TPSA) is 59.8 Å². The Morgan fingerprint density at radius 2 is 2.18 bits per heavy atom. The summed E-state index contributed by atoms with van der Waals surface area (Å²) in [5, 5.41) is 11.9. The van der Waals surface area contributed by atoms with Crippen molar-refractivity contribution in [3.8, 4) is 0 Å². The smallest absolute Gasteiger partial charge is 0.233 e. The third kappa shape index (κ3) is 4.60. The van der Waals surface area contributed by atoms with Gasteiger partial charge in [-0.05, 0) is 32.6 Å². The standard InChI is InChI=1S/C16H26N4OS/c1-4-10-20-13(3)18-19-16(20)22-12(2)15(21)17-11-14-8-6-5-7-9-14/h4,12,14H,1,5-11H2,2-3H3,(H,17,21). The molecule has 1 aromatic rings. The first-order valence-corrected chi connectivity index (χ1v) is 8.95. The van der Waals surface area contributed by atoms with E-state index in [1.54, 1.807) is 0 Å². The van der Waals surface area contributed by atoms with E-state index in [1.165, 1.54) is 43.9 Å². The van der Waals surface area contributed by atoms with Gasteiger partial charge < -0.3 is 9.88 Å². The van der Waals surface area contributed by atoms with Crippen molar-refractivity contribution in [1.82, 2.24) is 20.1 Å². The maximum Gasteiger partial charge on any atom is 0.233 e. The van der Waals surface area contributed by atoms with Crippen LogP contribution < -0.4 is 5.32 Å². The Hall–Kier alpha value is -1.30. The Bertz CT molecular complexity index is 508. The first-order chi connectivity index (χ1) is 10.6. The van der Waals surface area contributed by atoms with E-state index in [0.717, 1.165) is 17.5 Å². The highest BCUT2D eigenvalue weighted by molar-refractivity contribution is 8.00. The van der Waals surface area contributed by atoms with Gasteiger partial charge in [-0.3, -0.25) is 4.79 Å². The predicted molar refractivity (Wildman–Crippen MR) is 89.9 cm³/mol. The lowest BCUT2D eigenvalue weighted by Crippen LogP contribution is -2.35. The number of carbonyl (C=O) groups excluding carboxylic acids is 1. The van der Waals surface area contributed by atoms with Crippen molar-refractivity contribution >= 4 is 17.7 Å². The molecule has 1 aromatic heterocycles. The minimum Gasteiger partial charge on any atom is -0.355 e. The quantitative estimate of drug-likeness (QED) is 0.619. The zero-order valence-corrected chi connectivity index (χ0v) is 14.4. The van der Waals surface area contributed by atoms with Gasteiger partial charge in [0.25, 0.3) is 0 Å². The molecule has 0 spiro atoms. The average Bonchev–Trinajstić information content (AvgIpc) is 2.87. The number of thioether (sulfide) groups is 1. The molecule has 1 unspecified atom stereocenters. The van der Waals surface area contributed by atoms with Crippen LogP contribution in [-0.2, 0) is 11.3 Å².